The molecule has 0 aromatic rings. The Hall–Kier alpha value is 0.600. The molecule has 0 heterocycles. The fraction of sp³-hybridized carbons (Fsp3) is 0. The molecule has 78 valence electrons. The highest BCUT2D eigenvalue weighted by Gasteiger charge is 2.13. The van der Waals surface area contributed by atoms with E-state index in [2.05, 4.69) is 8.67 Å². The Morgan fingerprint density at radius 2 is 0.917 bits per heavy atom. The van der Waals surface area contributed by atoms with Crippen LogP contribution in [-0.2, 0) is 29.5 Å². The van der Waals surface area contributed by atoms with E-state index in [-0.39, 0.29) is 19.8 Å². The lowest BCUT2D eigenvalue weighted by Gasteiger charge is -1.92. The average Bonchev–Trinajstić information content (AvgIpc) is 1.57. The van der Waals surface area contributed by atoms with Crippen LogP contribution in [0.4, 0.5) is 0 Å². The van der Waals surface area contributed by atoms with Gasteiger partial charge < -0.3 is 0 Å². The van der Waals surface area contributed by atoms with Crippen molar-refractivity contribution in [3.8, 4) is 0 Å². The highest BCUT2D eigenvalue weighted by molar-refractivity contribution is 7.83. The molecule has 0 spiro atoms. The third kappa shape index (κ3) is 16.9. The standard InChI is InChI=1S/H2O8S2.2H3P/c1-9(2,3)7-8-10(4,5)6;;/h(H,1,2,3)(H,4,5,6);2*1H3. The van der Waals surface area contributed by atoms with E-state index < -0.39 is 20.8 Å². The van der Waals surface area contributed by atoms with Crippen molar-refractivity contribution in [3.05, 3.63) is 0 Å². The van der Waals surface area contributed by atoms with Crippen molar-refractivity contribution in [1.29, 1.82) is 0 Å². The lowest BCUT2D eigenvalue weighted by molar-refractivity contribution is -0.105. The molecule has 0 saturated heterocycles. The van der Waals surface area contributed by atoms with Crippen LogP contribution in [0, 0.1) is 0 Å². The van der Waals surface area contributed by atoms with E-state index in [0.29, 0.717) is 0 Å². The van der Waals surface area contributed by atoms with E-state index in [1.54, 1.807) is 0 Å². The first-order chi connectivity index (χ1) is 4.21. The molecule has 2 atom stereocenters. The van der Waals surface area contributed by atoms with Gasteiger partial charge in [-0.1, -0.05) is 8.67 Å². The molecule has 2 unspecified atom stereocenters. The summed E-state index contributed by atoms with van der Waals surface area (Å²) in [6, 6.07) is 0. The second-order valence-electron chi connectivity index (χ2n) is 0.992. The van der Waals surface area contributed by atoms with Crippen LogP contribution in [0.1, 0.15) is 0 Å². The molecule has 0 aliphatic carbocycles. The topological polar surface area (TPSA) is 127 Å². The summed E-state index contributed by atoms with van der Waals surface area (Å²) in [6.45, 7) is 0. The summed E-state index contributed by atoms with van der Waals surface area (Å²) in [6.07, 6.45) is 0. The minimum Gasteiger partial charge on any atom is -0.262 e. The lowest BCUT2D eigenvalue weighted by Crippen LogP contribution is -2.10. The van der Waals surface area contributed by atoms with Crippen molar-refractivity contribution in [2.75, 3.05) is 0 Å². The first-order valence-electron chi connectivity index (χ1n) is 1.53. The van der Waals surface area contributed by atoms with Crippen LogP contribution in [0.5, 0.6) is 0 Å². The minimum atomic E-state index is -5.02. The SMILES string of the molecule is O=S(=O)(O)OOS(=O)(=O)O.P.P. The zero-order valence-electron chi connectivity index (χ0n) is 5.57. The van der Waals surface area contributed by atoms with Crippen molar-refractivity contribution < 1.29 is 34.6 Å². The molecule has 0 aromatic heterocycles. The molecule has 12 heavy (non-hydrogen) atoms. The zero-order chi connectivity index (χ0) is 8.41. The van der Waals surface area contributed by atoms with Gasteiger partial charge in [-0.15, -0.1) is 0 Å². The summed E-state index contributed by atoms with van der Waals surface area (Å²) in [5, 5.41) is 0. The molecule has 0 amide bonds. The van der Waals surface area contributed by atoms with Crippen molar-refractivity contribution in [2.24, 2.45) is 0 Å². The molecule has 8 nitrogen and oxygen atoms in total. The predicted octanol–water partition coefficient (Wildman–Crippen LogP) is -1.34. The molecule has 2 N–H and O–H groups in total. The summed E-state index contributed by atoms with van der Waals surface area (Å²) in [5.74, 6) is 0. The van der Waals surface area contributed by atoms with Gasteiger partial charge in [-0.3, -0.25) is 9.11 Å². The van der Waals surface area contributed by atoms with Gasteiger partial charge in [-0.25, -0.2) is 0 Å². The molecule has 0 fully saturated rings. The number of hydrogen-bond donors (Lipinski definition) is 2. The minimum absolute atomic E-state index is 0. The second kappa shape index (κ2) is 6.11. The monoisotopic (exact) mass is 262 g/mol. The molecule has 0 aliphatic heterocycles. The molecule has 0 bridgehead atoms. The van der Waals surface area contributed by atoms with Gasteiger partial charge in [0.1, 0.15) is 0 Å². The van der Waals surface area contributed by atoms with Gasteiger partial charge in [-0.2, -0.15) is 36.6 Å². The van der Waals surface area contributed by atoms with Crippen molar-refractivity contribution in [1.82, 2.24) is 0 Å². The molecular weight excluding hydrogens is 254 g/mol. The maximum Gasteiger partial charge on any atom is 0.425 e. The van der Waals surface area contributed by atoms with Crippen molar-refractivity contribution >= 4 is 40.6 Å². The van der Waals surface area contributed by atoms with Gasteiger partial charge in [-0.05, 0) is 0 Å². The maximum absolute atomic E-state index is 9.51. The highest BCUT2D eigenvalue weighted by Crippen LogP contribution is 1.92. The quantitative estimate of drug-likeness (QED) is 0.277. The van der Waals surface area contributed by atoms with Crippen molar-refractivity contribution in [2.45, 2.75) is 0 Å². The number of hydrogen-bond acceptors (Lipinski definition) is 6. The van der Waals surface area contributed by atoms with E-state index in [1.807, 2.05) is 0 Å². The van der Waals surface area contributed by atoms with Crippen LogP contribution in [0.3, 0.4) is 0 Å². The molecule has 0 rings (SSSR count). The smallest absolute Gasteiger partial charge is 0.262 e. The van der Waals surface area contributed by atoms with Crippen LogP contribution >= 0.6 is 19.8 Å². The Morgan fingerprint density at radius 3 is 1.00 bits per heavy atom. The zero-order valence-corrected chi connectivity index (χ0v) is 10.0. The van der Waals surface area contributed by atoms with E-state index in [4.69, 9.17) is 9.11 Å². The normalized spacial score (nSPS) is 11.2. The summed E-state index contributed by atoms with van der Waals surface area (Å²) < 4.78 is 58.9. The van der Waals surface area contributed by atoms with Crippen LogP contribution in [-0.4, -0.2) is 25.9 Å². The Balaban J connectivity index is -0.000000405. The Bertz CT molecular complexity index is 251. The maximum atomic E-state index is 9.51. The van der Waals surface area contributed by atoms with Gasteiger partial charge in [0.15, 0.2) is 0 Å². The van der Waals surface area contributed by atoms with E-state index in [1.165, 1.54) is 0 Å². The molecule has 0 saturated carbocycles. The van der Waals surface area contributed by atoms with Crippen molar-refractivity contribution in [3.63, 3.8) is 0 Å². The molecule has 0 aromatic carbocycles. The second-order valence-corrected chi connectivity index (χ2v) is 2.97. The van der Waals surface area contributed by atoms with Gasteiger partial charge in [0.05, 0.1) is 0 Å². The fourth-order valence-electron chi connectivity index (χ4n) is 0.0702. The predicted molar refractivity (Wildman–Crippen MR) is 47.5 cm³/mol. The van der Waals surface area contributed by atoms with Crippen LogP contribution in [0.15, 0.2) is 0 Å². The third-order valence-electron chi connectivity index (χ3n) is 0.200. The molecule has 0 aliphatic rings. The van der Waals surface area contributed by atoms with E-state index in [9.17, 15) is 16.8 Å². The fourth-order valence-corrected chi connectivity index (χ4v) is 0.632. The number of rotatable bonds is 3. The largest absolute Gasteiger partial charge is 0.425 e. The van der Waals surface area contributed by atoms with Gasteiger partial charge in [0.25, 0.3) is 0 Å². The Kier molecular flexibility index (Phi) is 9.37. The van der Waals surface area contributed by atoms with Crippen LogP contribution < -0.4 is 0 Å². The van der Waals surface area contributed by atoms with E-state index >= 15 is 0 Å². The molecule has 12 heteroatoms. The molecular formula is H8O8P2S2. The van der Waals surface area contributed by atoms with Crippen LogP contribution in [0.25, 0.3) is 0 Å². The molecule has 0 radical (unpaired) electrons. The Labute approximate surface area is 75.7 Å². The van der Waals surface area contributed by atoms with Gasteiger partial charge in [0.2, 0.25) is 0 Å². The summed E-state index contributed by atoms with van der Waals surface area (Å²) in [4.78, 5) is 0. The first kappa shape index (κ1) is 18.4. The first-order valence-corrected chi connectivity index (χ1v) is 4.26. The van der Waals surface area contributed by atoms with E-state index in [0.717, 1.165) is 0 Å². The summed E-state index contributed by atoms with van der Waals surface area (Å²) in [7, 11) is -10.0. The van der Waals surface area contributed by atoms with Gasteiger partial charge >= 0.3 is 20.8 Å². The highest BCUT2D eigenvalue weighted by atomic mass is 32.3. The third-order valence-corrected chi connectivity index (χ3v) is 0.766. The summed E-state index contributed by atoms with van der Waals surface area (Å²) in [5.41, 5.74) is 0. The average molecular weight is 262 g/mol. The summed E-state index contributed by atoms with van der Waals surface area (Å²) >= 11 is 0. The van der Waals surface area contributed by atoms with Gasteiger partial charge in [0, 0.05) is 0 Å². The Morgan fingerprint density at radius 1 is 0.750 bits per heavy atom. The lowest BCUT2D eigenvalue weighted by atomic mass is 14.9. The van der Waals surface area contributed by atoms with Crippen LogP contribution in [0.2, 0.25) is 0 Å².